The molecular formula is C19H24ClN5O. The predicted octanol–water partition coefficient (Wildman–Crippen LogP) is 2.90. The summed E-state index contributed by atoms with van der Waals surface area (Å²) in [6, 6.07) is 7.98. The summed E-state index contributed by atoms with van der Waals surface area (Å²) in [4.78, 5) is 4.72. The van der Waals surface area contributed by atoms with Crippen molar-refractivity contribution in [2.45, 2.75) is 51.0 Å². The van der Waals surface area contributed by atoms with Crippen LogP contribution in [0.15, 0.2) is 41.7 Å². The van der Waals surface area contributed by atoms with Crippen LogP contribution >= 0.6 is 11.6 Å². The van der Waals surface area contributed by atoms with Gasteiger partial charge in [0.1, 0.15) is 0 Å². The molecule has 0 amide bonds. The second-order valence-corrected chi connectivity index (χ2v) is 7.26. The number of fused-ring (bicyclic) bond motifs is 2. The number of aliphatic imine (C=N–C) groups is 1. The molecule has 2 bridgehead atoms. The molecule has 3 unspecified atom stereocenters. The van der Waals surface area contributed by atoms with Crippen LogP contribution in [0, 0.1) is 0 Å². The molecule has 2 aliphatic rings. The average molecular weight is 374 g/mol. The topological polar surface area (TPSA) is 63.5 Å². The molecule has 3 heterocycles. The van der Waals surface area contributed by atoms with Gasteiger partial charge in [-0.3, -0.25) is 0 Å². The Bertz CT molecular complexity index is 772. The van der Waals surface area contributed by atoms with Crippen molar-refractivity contribution in [1.82, 2.24) is 20.4 Å². The molecule has 3 atom stereocenters. The first-order valence-electron chi connectivity index (χ1n) is 9.21. The zero-order valence-corrected chi connectivity index (χ0v) is 15.6. The van der Waals surface area contributed by atoms with E-state index < -0.39 is 0 Å². The van der Waals surface area contributed by atoms with Crippen LogP contribution in [0.3, 0.4) is 0 Å². The van der Waals surface area contributed by atoms with Crippen LogP contribution in [-0.2, 0) is 11.3 Å². The third-order valence-electron chi connectivity index (χ3n) is 4.92. The minimum atomic E-state index is 0.330. The summed E-state index contributed by atoms with van der Waals surface area (Å²) in [7, 11) is 0. The van der Waals surface area contributed by atoms with Gasteiger partial charge in [0, 0.05) is 23.3 Å². The van der Waals surface area contributed by atoms with E-state index in [0.717, 1.165) is 41.6 Å². The van der Waals surface area contributed by atoms with Gasteiger partial charge in [-0.05, 0) is 50.5 Å². The maximum atomic E-state index is 5.94. The third kappa shape index (κ3) is 3.86. The molecule has 0 spiro atoms. The van der Waals surface area contributed by atoms with E-state index in [2.05, 4.69) is 22.7 Å². The van der Waals surface area contributed by atoms with E-state index in [9.17, 15) is 0 Å². The van der Waals surface area contributed by atoms with E-state index in [4.69, 9.17) is 21.3 Å². The van der Waals surface area contributed by atoms with Gasteiger partial charge in [-0.2, -0.15) is 5.10 Å². The Morgan fingerprint density at radius 2 is 2.19 bits per heavy atom. The number of aromatic nitrogens is 2. The van der Waals surface area contributed by atoms with Gasteiger partial charge in [0.2, 0.25) is 0 Å². The van der Waals surface area contributed by atoms with Crippen molar-refractivity contribution >= 4 is 17.6 Å². The monoisotopic (exact) mass is 373 g/mol. The third-order valence-corrected chi connectivity index (χ3v) is 5.17. The van der Waals surface area contributed by atoms with Crippen molar-refractivity contribution in [2.75, 3.05) is 6.54 Å². The lowest BCUT2D eigenvalue weighted by Gasteiger charge is -2.22. The summed E-state index contributed by atoms with van der Waals surface area (Å²) in [5.74, 6) is 0.841. The number of hydrogen-bond acceptors (Lipinski definition) is 3. The van der Waals surface area contributed by atoms with Crippen molar-refractivity contribution in [3.8, 4) is 5.69 Å². The van der Waals surface area contributed by atoms with E-state index in [1.54, 1.807) is 0 Å². The lowest BCUT2D eigenvalue weighted by atomic mass is 9.96. The quantitative estimate of drug-likeness (QED) is 0.625. The van der Waals surface area contributed by atoms with Gasteiger partial charge < -0.3 is 15.4 Å². The Morgan fingerprint density at radius 3 is 2.88 bits per heavy atom. The first-order chi connectivity index (χ1) is 12.7. The van der Waals surface area contributed by atoms with Crippen LogP contribution in [0.2, 0.25) is 5.02 Å². The van der Waals surface area contributed by atoms with Crippen LogP contribution in [0.5, 0.6) is 0 Å². The summed E-state index contributed by atoms with van der Waals surface area (Å²) in [6.07, 6.45) is 8.02. The highest BCUT2D eigenvalue weighted by molar-refractivity contribution is 6.30. The molecule has 0 radical (unpaired) electrons. The number of nitrogens with one attached hydrogen (secondary N) is 2. The first-order valence-corrected chi connectivity index (χ1v) is 9.59. The lowest BCUT2D eigenvalue weighted by molar-refractivity contribution is 0.0992. The van der Waals surface area contributed by atoms with Crippen LogP contribution in [0.1, 0.15) is 31.7 Å². The predicted molar refractivity (Wildman–Crippen MR) is 103 cm³/mol. The van der Waals surface area contributed by atoms with Crippen molar-refractivity contribution in [1.29, 1.82) is 0 Å². The van der Waals surface area contributed by atoms with Gasteiger partial charge in [0.25, 0.3) is 0 Å². The van der Waals surface area contributed by atoms with E-state index in [0.29, 0.717) is 24.8 Å². The van der Waals surface area contributed by atoms with Gasteiger partial charge in [0.15, 0.2) is 5.96 Å². The summed E-state index contributed by atoms with van der Waals surface area (Å²) in [6.45, 7) is 3.48. The molecule has 0 saturated carbocycles. The van der Waals surface area contributed by atoms with E-state index in [1.165, 1.54) is 6.42 Å². The maximum absolute atomic E-state index is 5.94. The fourth-order valence-corrected chi connectivity index (χ4v) is 3.76. The standard InChI is InChI=1S/C19H24ClN5O/c1-2-21-19(24-17-9-16-7-8-18(17)26-16)22-10-13-11-23-25(12-13)15-5-3-14(20)4-6-15/h3-6,11-12,16-18H,2,7-10H2,1H3,(H2,21,22,24). The smallest absolute Gasteiger partial charge is 0.191 e. The first kappa shape index (κ1) is 17.4. The van der Waals surface area contributed by atoms with Gasteiger partial charge in [-0.15, -0.1) is 0 Å². The Labute approximate surface area is 158 Å². The molecular weight excluding hydrogens is 350 g/mol. The van der Waals surface area contributed by atoms with Crippen LogP contribution in [0.25, 0.3) is 5.69 Å². The number of halogens is 1. The molecule has 1 aromatic heterocycles. The average Bonchev–Trinajstić information content (AvgIpc) is 3.37. The Hall–Kier alpha value is -2.05. The Kier molecular flexibility index (Phi) is 5.13. The van der Waals surface area contributed by atoms with Crippen molar-refractivity contribution < 1.29 is 4.74 Å². The number of ether oxygens (including phenoxy) is 1. The number of rotatable bonds is 5. The highest BCUT2D eigenvalue weighted by Gasteiger charge is 2.41. The highest BCUT2D eigenvalue weighted by atomic mass is 35.5. The second kappa shape index (κ2) is 7.68. The van der Waals surface area contributed by atoms with E-state index in [1.807, 2.05) is 41.3 Å². The highest BCUT2D eigenvalue weighted by Crippen LogP contribution is 2.34. The minimum absolute atomic E-state index is 0.330. The zero-order valence-electron chi connectivity index (χ0n) is 14.9. The molecule has 1 aromatic carbocycles. The molecule has 26 heavy (non-hydrogen) atoms. The lowest BCUT2D eigenvalue weighted by Crippen LogP contribution is -2.47. The molecule has 6 nitrogen and oxygen atoms in total. The minimum Gasteiger partial charge on any atom is -0.373 e. The summed E-state index contributed by atoms with van der Waals surface area (Å²) < 4.78 is 7.76. The Morgan fingerprint density at radius 1 is 1.35 bits per heavy atom. The zero-order chi connectivity index (χ0) is 17.9. The van der Waals surface area contributed by atoms with Crippen molar-refractivity contribution in [3.63, 3.8) is 0 Å². The van der Waals surface area contributed by atoms with Crippen molar-refractivity contribution in [2.24, 2.45) is 4.99 Å². The maximum Gasteiger partial charge on any atom is 0.191 e. The number of guanidine groups is 1. The number of hydrogen-bond donors (Lipinski definition) is 2. The molecule has 2 aromatic rings. The summed E-state index contributed by atoms with van der Waals surface area (Å²) >= 11 is 5.94. The molecule has 138 valence electrons. The largest absolute Gasteiger partial charge is 0.373 e. The Balaban J connectivity index is 1.40. The van der Waals surface area contributed by atoms with E-state index >= 15 is 0 Å². The number of benzene rings is 1. The fourth-order valence-electron chi connectivity index (χ4n) is 3.63. The molecule has 7 heteroatoms. The summed E-state index contributed by atoms with van der Waals surface area (Å²) in [5.41, 5.74) is 2.04. The number of nitrogens with zero attached hydrogens (tertiary/aromatic N) is 3. The van der Waals surface area contributed by atoms with Crippen LogP contribution in [-0.4, -0.2) is 40.5 Å². The molecule has 2 saturated heterocycles. The normalized spacial score (nSPS) is 24.8. The second-order valence-electron chi connectivity index (χ2n) is 6.83. The van der Waals surface area contributed by atoms with Crippen LogP contribution in [0.4, 0.5) is 0 Å². The molecule has 2 fully saturated rings. The van der Waals surface area contributed by atoms with Gasteiger partial charge in [0.05, 0.1) is 36.7 Å². The van der Waals surface area contributed by atoms with Crippen molar-refractivity contribution in [3.05, 3.63) is 47.2 Å². The molecule has 0 aliphatic carbocycles. The van der Waals surface area contributed by atoms with E-state index in [-0.39, 0.29) is 0 Å². The molecule has 2 N–H and O–H groups in total. The fraction of sp³-hybridized carbons (Fsp3) is 0.474. The molecule has 2 aliphatic heterocycles. The van der Waals surface area contributed by atoms with Gasteiger partial charge in [-0.1, -0.05) is 11.6 Å². The van der Waals surface area contributed by atoms with Gasteiger partial charge in [-0.25, -0.2) is 9.67 Å². The van der Waals surface area contributed by atoms with Crippen LogP contribution < -0.4 is 10.6 Å². The molecule has 4 rings (SSSR count). The summed E-state index contributed by atoms with van der Waals surface area (Å²) in [5, 5.41) is 12.0. The van der Waals surface area contributed by atoms with Gasteiger partial charge >= 0.3 is 0 Å². The SMILES string of the molecule is CCNC(=NCc1cnn(-c2ccc(Cl)cc2)c1)NC1CC2CCC1O2.